The predicted octanol–water partition coefficient (Wildman–Crippen LogP) is 20.6. The Morgan fingerprint density at radius 3 is 1.18 bits per heavy atom. The second-order valence-corrected chi connectivity index (χ2v) is 28.2. The molecule has 0 radical (unpaired) electrons. The topological polar surface area (TPSA) is 128 Å². The van der Waals surface area contributed by atoms with Crippen molar-refractivity contribution in [1.29, 1.82) is 0 Å². The van der Waals surface area contributed by atoms with Crippen LogP contribution in [0.3, 0.4) is 0 Å². The van der Waals surface area contributed by atoms with Crippen LogP contribution in [0.25, 0.3) is 65.4 Å². The number of hydrogen-bond acceptors (Lipinski definition) is 13. The zero-order chi connectivity index (χ0) is 59.4. The lowest BCUT2D eigenvalue weighted by atomic mass is 9.81. The van der Waals surface area contributed by atoms with Crippen molar-refractivity contribution in [2.45, 2.75) is 105 Å². The minimum Gasteiger partial charge on any atom is -0.497 e. The van der Waals surface area contributed by atoms with E-state index < -0.39 is 36.3 Å². The molecular formula is C68H69O13P3. The van der Waals surface area contributed by atoms with Crippen LogP contribution in [0.2, 0.25) is 0 Å². The molecule has 0 fully saturated rings. The first-order chi connectivity index (χ1) is 39.9. The molecule has 0 saturated carbocycles. The zero-order valence-corrected chi connectivity index (χ0v) is 53.0. The van der Waals surface area contributed by atoms with Crippen LogP contribution in [0.15, 0.2) is 136 Å². The van der Waals surface area contributed by atoms with E-state index in [-0.39, 0.29) is 10.8 Å². The normalized spacial score (nSPS) is 14.4. The molecule has 0 bridgehead atoms. The summed E-state index contributed by atoms with van der Waals surface area (Å²) in [6.45, 7) is 25.7. The molecule has 16 heteroatoms. The van der Waals surface area contributed by atoms with Gasteiger partial charge in [-0.2, -0.15) is 0 Å². The fourth-order valence-electron chi connectivity index (χ4n) is 10.9. The van der Waals surface area contributed by atoms with Crippen LogP contribution >= 0.6 is 25.4 Å². The lowest BCUT2D eigenvalue weighted by Crippen LogP contribution is -2.17. The van der Waals surface area contributed by atoms with Crippen LogP contribution in [0.4, 0.5) is 0 Å². The van der Waals surface area contributed by atoms with Crippen molar-refractivity contribution >= 4 is 79.7 Å². The first-order valence-corrected chi connectivity index (χ1v) is 31.1. The molecule has 2 aliphatic heterocycles. The standard InChI is InChI=1S/C68H69O13P3/c1-65(2,3)49-34-41(69-13)30-45(60(49)77-82-73-53-25-17-21-38-22-18-26-54(74-82)57(38)53)46-31-42(70-14)37-52(68(10,11)12)63(46)80-84-76-56-28-20-24-40-29-39-23-19-27-55(58(39)64(81-84)59(40)56)75-83-78-61-47(32-43(71-15)35-50(61)66(4,5)6)48-33-44(72-16)36-51(62(48)79-83)67(7,8)9/h17-37H,1-16H3. The largest absolute Gasteiger partial charge is 0.530 e. The highest BCUT2D eigenvalue weighted by Gasteiger charge is 2.38. The quantitative estimate of drug-likeness (QED) is 0.0901. The summed E-state index contributed by atoms with van der Waals surface area (Å²) in [4.78, 5) is 0. The molecule has 3 heterocycles. The Labute approximate surface area is 493 Å². The van der Waals surface area contributed by atoms with Crippen molar-refractivity contribution in [2.24, 2.45) is 0 Å². The molecule has 1 aromatic heterocycles. The zero-order valence-electron chi connectivity index (χ0n) is 50.3. The molecule has 10 aromatic rings. The molecule has 12 rings (SSSR count). The molecule has 9 aromatic carbocycles. The van der Waals surface area contributed by atoms with Crippen LogP contribution in [0.5, 0.6) is 63.2 Å². The maximum Gasteiger partial charge on any atom is 0.530 e. The molecule has 1 atom stereocenters. The van der Waals surface area contributed by atoms with Crippen molar-refractivity contribution in [3.63, 3.8) is 0 Å². The third-order valence-corrected chi connectivity index (χ3v) is 18.3. The summed E-state index contributed by atoms with van der Waals surface area (Å²) in [6.07, 6.45) is 0. The van der Waals surface area contributed by atoms with Crippen LogP contribution in [0, 0.1) is 0 Å². The molecular weight excluding hydrogens is 1120 g/mol. The van der Waals surface area contributed by atoms with E-state index in [9.17, 15) is 0 Å². The van der Waals surface area contributed by atoms with E-state index in [2.05, 4.69) is 89.2 Å². The minimum atomic E-state index is -2.28. The molecule has 0 amide bonds. The Balaban J connectivity index is 1.03. The number of benzene rings is 9. The fraction of sp³-hybridized carbons (Fsp3) is 0.294. The van der Waals surface area contributed by atoms with E-state index in [0.29, 0.717) is 90.9 Å². The van der Waals surface area contributed by atoms with Crippen molar-refractivity contribution in [3.8, 4) is 74.4 Å². The number of methoxy groups -OCH3 is 4. The second kappa shape index (κ2) is 21.1. The lowest BCUT2D eigenvalue weighted by molar-refractivity contribution is 0.371. The van der Waals surface area contributed by atoms with Crippen molar-refractivity contribution in [3.05, 3.63) is 150 Å². The van der Waals surface area contributed by atoms with Gasteiger partial charge in [0.2, 0.25) is 0 Å². The average Bonchev–Trinajstić information content (AvgIpc) is 1.43. The Hall–Kier alpha value is -7.68. The van der Waals surface area contributed by atoms with E-state index in [1.54, 1.807) is 28.4 Å². The van der Waals surface area contributed by atoms with Gasteiger partial charge in [-0.25, -0.2) is 0 Å². The maximum atomic E-state index is 7.38. The van der Waals surface area contributed by atoms with E-state index in [1.807, 2.05) is 121 Å². The molecule has 434 valence electrons. The molecule has 13 nitrogen and oxygen atoms in total. The first-order valence-electron chi connectivity index (χ1n) is 27.9. The van der Waals surface area contributed by atoms with Gasteiger partial charge >= 0.3 is 25.4 Å². The molecule has 0 N–H and O–H groups in total. The second-order valence-electron chi connectivity index (χ2n) is 25.2. The lowest BCUT2D eigenvalue weighted by Gasteiger charge is -2.32. The van der Waals surface area contributed by atoms with Crippen LogP contribution in [-0.4, -0.2) is 28.4 Å². The summed E-state index contributed by atoms with van der Waals surface area (Å²) in [5, 5.41) is 6.71. The van der Waals surface area contributed by atoms with Crippen molar-refractivity contribution < 1.29 is 59.0 Å². The highest BCUT2D eigenvalue weighted by Crippen LogP contribution is 2.61. The number of fused-ring (bicyclic) bond motifs is 5. The molecule has 1 unspecified atom stereocenters. The van der Waals surface area contributed by atoms with Crippen molar-refractivity contribution in [2.75, 3.05) is 28.4 Å². The van der Waals surface area contributed by atoms with Gasteiger partial charge in [0.25, 0.3) is 0 Å². The van der Waals surface area contributed by atoms with Gasteiger partial charge in [-0.05, 0) is 117 Å². The van der Waals surface area contributed by atoms with Gasteiger partial charge in [0.1, 0.15) is 68.7 Å². The third-order valence-electron chi connectivity index (χ3n) is 15.2. The predicted molar refractivity (Wildman–Crippen MR) is 338 cm³/mol. The molecule has 2 aliphatic rings. The third kappa shape index (κ3) is 10.4. The first kappa shape index (κ1) is 56.8. The summed E-state index contributed by atoms with van der Waals surface area (Å²) in [5.74, 6) is 6.53. The number of hydrogen-bond donors (Lipinski definition) is 0. The Morgan fingerprint density at radius 2 is 0.738 bits per heavy atom. The smallest absolute Gasteiger partial charge is 0.497 e. The Kier molecular flexibility index (Phi) is 14.3. The van der Waals surface area contributed by atoms with Gasteiger partial charge < -0.3 is 59.0 Å². The summed E-state index contributed by atoms with van der Waals surface area (Å²) in [7, 11) is 0.142. The van der Waals surface area contributed by atoms with Gasteiger partial charge in [0.15, 0.2) is 5.75 Å². The van der Waals surface area contributed by atoms with E-state index in [0.717, 1.165) is 60.0 Å². The fourth-order valence-corrected chi connectivity index (χ4v) is 14.2. The van der Waals surface area contributed by atoms with Crippen LogP contribution in [-0.2, 0) is 21.7 Å². The Bertz CT molecular complexity index is 4190. The molecule has 0 aliphatic carbocycles. The highest BCUT2D eigenvalue weighted by atomic mass is 31.2. The molecule has 0 saturated heterocycles. The summed E-state index contributed by atoms with van der Waals surface area (Å²) < 4.78 is 87.4. The maximum absolute atomic E-state index is 7.38. The average molecular weight is 1190 g/mol. The SMILES string of the molecule is COc1cc(-c2cc(OC)cc(C(C)(C)C)c2OP2Oc3cccc4cc5cccc(Op6oc7c(C(C)(C)C)cc(OC)cc7c7cc(OC)cc(C(C)(C)C)c7o6)c5c(c34)O2)c(OP2Oc3cccc4cccc(c34)O2)c(C(C)(C)C)c1. The van der Waals surface area contributed by atoms with Gasteiger partial charge in [0, 0.05) is 44.2 Å². The minimum absolute atomic E-state index is 0.381. The van der Waals surface area contributed by atoms with E-state index in [4.69, 9.17) is 59.0 Å². The van der Waals surface area contributed by atoms with Gasteiger partial charge in [-0.3, -0.25) is 0 Å². The highest BCUT2D eigenvalue weighted by molar-refractivity contribution is 7.43. The van der Waals surface area contributed by atoms with Crippen LogP contribution < -0.4 is 50.6 Å². The summed E-state index contributed by atoms with van der Waals surface area (Å²) in [5.41, 5.74) is 4.32. The van der Waals surface area contributed by atoms with Gasteiger partial charge in [-0.15, -0.1) is 0 Å². The van der Waals surface area contributed by atoms with Crippen molar-refractivity contribution in [1.82, 2.24) is 0 Å². The number of rotatable bonds is 11. The van der Waals surface area contributed by atoms with Gasteiger partial charge in [0.05, 0.1) is 44.6 Å². The summed E-state index contributed by atoms with van der Waals surface area (Å²) >= 11 is 0. The van der Waals surface area contributed by atoms with E-state index >= 15 is 0 Å². The monoisotopic (exact) mass is 1190 g/mol. The summed E-state index contributed by atoms with van der Waals surface area (Å²) in [6, 6.07) is 41.9. The Morgan fingerprint density at radius 1 is 0.357 bits per heavy atom. The number of ether oxygens (including phenoxy) is 4. The van der Waals surface area contributed by atoms with Crippen LogP contribution in [0.1, 0.15) is 105 Å². The molecule has 0 spiro atoms. The van der Waals surface area contributed by atoms with E-state index in [1.165, 1.54) is 0 Å². The van der Waals surface area contributed by atoms with Gasteiger partial charge in [-0.1, -0.05) is 132 Å². The molecule has 84 heavy (non-hydrogen) atoms.